The number of hydrogen-bond acceptors (Lipinski definition) is 15. The van der Waals surface area contributed by atoms with Crippen LogP contribution in [0.15, 0.2) is 70.9 Å². The Bertz CT molecular complexity index is 2030. The van der Waals surface area contributed by atoms with Gasteiger partial charge in [-0.25, -0.2) is 4.79 Å². The van der Waals surface area contributed by atoms with Crippen molar-refractivity contribution in [2.24, 2.45) is 0 Å². The van der Waals surface area contributed by atoms with Gasteiger partial charge >= 0.3 is 5.97 Å². The zero-order valence-corrected chi connectivity index (χ0v) is 42.8. The van der Waals surface area contributed by atoms with Crippen LogP contribution in [0.25, 0.3) is 0 Å². The van der Waals surface area contributed by atoms with Crippen LogP contribution in [0.2, 0.25) is 0 Å². The molecule has 55 heavy (non-hydrogen) atoms. The summed E-state index contributed by atoms with van der Waals surface area (Å²) in [5.74, 6) is -0.269. The zero-order chi connectivity index (χ0) is 39.6. The Hall–Kier alpha value is 1.29. The molecule has 0 aromatic heterocycles. The Balaban J connectivity index is 1.50. The summed E-state index contributed by atoms with van der Waals surface area (Å²) in [4.78, 5) is 28.0. The lowest BCUT2D eigenvalue weighted by Crippen LogP contribution is -2.34. The van der Waals surface area contributed by atoms with E-state index in [-0.39, 0.29) is 30.4 Å². The maximum absolute atomic E-state index is 15.3. The van der Waals surface area contributed by atoms with Crippen molar-refractivity contribution in [2.75, 3.05) is 6.61 Å². The van der Waals surface area contributed by atoms with E-state index in [1.54, 1.807) is 23.5 Å². The summed E-state index contributed by atoms with van der Waals surface area (Å²) in [6, 6.07) is 4.82. The molecule has 3 aromatic rings. The number of carbonyl (C=O) groups is 1. The van der Waals surface area contributed by atoms with Gasteiger partial charge in [0.25, 0.3) is 0 Å². The summed E-state index contributed by atoms with van der Waals surface area (Å²) in [6.45, 7) is 29.7. The number of hydrogen-bond donors (Lipinski definition) is 1. The van der Waals surface area contributed by atoms with Crippen LogP contribution in [-0.4, -0.2) is 42.2 Å². The van der Waals surface area contributed by atoms with Gasteiger partial charge < -0.3 is 9.84 Å². The van der Waals surface area contributed by atoms with E-state index in [2.05, 4.69) is 95.2 Å². The predicted molar refractivity (Wildman–Crippen MR) is 252 cm³/mol. The molecule has 0 fully saturated rings. The highest BCUT2D eigenvalue weighted by atomic mass is 32.2. The SMILES string of the molecule is CCOC(=O)c1c2c(c(C(O)(c3c4c(cc5c3SC(C)(C)S5)SC(C)(C)S4)c3c4c(cc5c3SC(C)(C)S5)SC(C)(C)S4)c3c1SC(C)(C)S3)SC(C)(C)S2. The van der Waals surface area contributed by atoms with Gasteiger partial charge in [0.05, 0.1) is 36.6 Å². The third-order valence-electron chi connectivity index (χ3n) is 9.42. The van der Waals surface area contributed by atoms with Gasteiger partial charge in [-0.3, -0.25) is 0 Å². The van der Waals surface area contributed by atoms with Crippen molar-refractivity contribution in [2.45, 2.75) is 179 Å². The molecule has 0 radical (unpaired) electrons. The number of esters is 1. The minimum Gasteiger partial charge on any atom is -0.462 e. The average Bonchev–Trinajstić information content (AvgIpc) is 3.81. The van der Waals surface area contributed by atoms with Crippen LogP contribution < -0.4 is 0 Å². The first-order valence-electron chi connectivity index (χ1n) is 18.2. The van der Waals surface area contributed by atoms with E-state index in [0.29, 0.717) is 12.2 Å². The number of benzene rings is 3. The number of fused-ring (bicyclic) bond motifs is 6. The van der Waals surface area contributed by atoms with Crippen molar-refractivity contribution >= 4 is 147 Å². The molecular weight excluding hydrogens is 913 g/mol. The summed E-state index contributed by atoms with van der Waals surface area (Å²) in [5.41, 5.74) is 2.14. The lowest BCUT2D eigenvalue weighted by molar-refractivity contribution is 0.0514. The van der Waals surface area contributed by atoms with Crippen molar-refractivity contribution in [1.82, 2.24) is 0 Å². The van der Waals surface area contributed by atoms with E-state index in [1.807, 2.05) is 125 Å². The second kappa shape index (κ2) is 13.4. The molecule has 3 nitrogen and oxygen atoms in total. The molecule has 294 valence electrons. The van der Waals surface area contributed by atoms with Gasteiger partial charge in [0.2, 0.25) is 0 Å². The monoisotopic (exact) mass is 956 g/mol. The Morgan fingerprint density at radius 1 is 0.473 bits per heavy atom. The smallest absolute Gasteiger partial charge is 0.340 e. The molecule has 15 heteroatoms. The van der Waals surface area contributed by atoms with E-state index in [1.165, 1.54) is 39.2 Å². The molecule has 0 saturated heterocycles. The van der Waals surface area contributed by atoms with E-state index >= 15 is 5.11 Å². The number of carbonyl (C=O) groups excluding carboxylic acids is 1. The molecule has 0 unspecified atom stereocenters. The van der Waals surface area contributed by atoms with Crippen molar-refractivity contribution in [1.29, 1.82) is 0 Å². The van der Waals surface area contributed by atoms with Gasteiger partial charge in [0.1, 0.15) is 5.60 Å². The highest BCUT2D eigenvalue weighted by Gasteiger charge is 2.57. The average molecular weight is 958 g/mol. The van der Waals surface area contributed by atoms with Crippen LogP contribution in [-0.2, 0) is 10.3 Å². The maximum Gasteiger partial charge on any atom is 0.340 e. The van der Waals surface area contributed by atoms with E-state index < -0.39 is 5.60 Å². The lowest BCUT2D eigenvalue weighted by Gasteiger charge is -2.38. The topological polar surface area (TPSA) is 46.5 Å². The van der Waals surface area contributed by atoms with Gasteiger partial charge in [0, 0.05) is 75.4 Å². The van der Waals surface area contributed by atoms with Crippen LogP contribution in [0, 0.1) is 0 Å². The fraction of sp³-hybridized carbons (Fsp3) is 0.525. The highest BCUT2D eigenvalue weighted by Crippen LogP contribution is 2.74. The summed E-state index contributed by atoms with van der Waals surface area (Å²) in [7, 11) is 0. The van der Waals surface area contributed by atoms with Gasteiger partial charge in [-0.1, -0.05) is 0 Å². The molecule has 1 N–H and O–H groups in total. The number of rotatable bonds is 5. The third kappa shape index (κ3) is 6.95. The summed E-state index contributed by atoms with van der Waals surface area (Å²) in [6.07, 6.45) is 0. The van der Waals surface area contributed by atoms with E-state index in [9.17, 15) is 4.79 Å². The number of thioether (sulfide) groups is 12. The molecule has 6 heterocycles. The van der Waals surface area contributed by atoms with Crippen LogP contribution in [0.3, 0.4) is 0 Å². The van der Waals surface area contributed by atoms with Crippen molar-refractivity contribution in [3.63, 3.8) is 0 Å². The fourth-order valence-electron chi connectivity index (χ4n) is 7.86. The zero-order valence-electron chi connectivity index (χ0n) is 33.0. The van der Waals surface area contributed by atoms with E-state index in [0.717, 1.165) is 36.3 Å². The maximum atomic E-state index is 15.3. The van der Waals surface area contributed by atoms with Gasteiger partial charge in [-0.15, -0.1) is 141 Å². The van der Waals surface area contributed by atoms with E-state index in [4.69, 9.17) is 4.74 Å². The summed E-state index contributed by atoms with van der Waals surface area (Å²) in [5, 5.41) is 15.3. The summed E-state index contributed by atoms with van der Waals surface area (Å²) < 4.78 is 4.93. The Kier molecular flexibility index (Phi) is 10.1. The number of ether oxygens (including phenoxy) is 1. The molecule has 6 aliphatic heterocycles. The Morgan fingerprint density at radius 2 is 0.727 bits per heavy atom. The Morgan fingerprint density at radius 3 is 1.04 bits per heavy atom. The van der Waals surface area contributed by atoms with Crippen LogP contribution in [0.5, 0.6) is 0 Å². The van der Waals surface area contributed by atoms with Crippen molar-refractivity contribution < 1.29 is 14.6 Å². The minimum absolute atomic E-state index is 0.103. The predicted octanol–water partition coefficient (Wildman–Crippen LogP) is 15.8. The van der Waals surface area contributed by atoms with Gasteiger partial charge in [0.15, 0.2) is 0 Å². The highest BCUT2D eigenvalue weighted by molar-refractivity contribution is 8.23. The lowest BCUT2D eigenvalue weighted by atomic mass is 9.79. The first-order valence-corrected chi connectivity index (χ1v) is 28.0. The van der Waals surface area contributed by atoms with Crippen molar-refractivity contribution in [3.05, 3.63) is 34.4 Å². The number of aliphatic hydroxyl groups is 1. The largest absolute Gasteiger partial charge is 0.462 e. The van der Waals surface area contributed by atoms with Crippen molar-refractivity contribution in [3.8, 4) is 0 Å². The molecule has 3 aromatic carbocycles. The molecule has 0 saturated carbocycles. The Labute approximate surface area is 377 Å². The van der Waals surface area contributed by atoms with Gasteiger partial charge in [-0.05, 0) is 102 Å². The standard InChI is InChI=1S/C40H44O3S12/c1-14-43-33(41)21-29-31(54-38(10,11)52-29)24(32-30(21)53-39(12,13)55-32)40(42,22-25-17(44-34(2,3)48-25)15-18-26(22)49-35(4,5)45-18)23-27-19(46-36(6,7)50-27)16-20-28(23)51-37(8,9)47-20/h15-16,42H,14H2,1-13H3. The quantitative estimate of drug-likeness (QED) is 0.195. The second-order valence-electron chi connectivity index (χ2n) is 16.9. The molecule has 0 spiro atoms. The van der Waals surface area contributed by atoms with Crippen LogP contribution in [0.4, 0.5) is 0 Å². The summed E-state index contributed by atoms with van der Waals surface area (Å²) >= 11 is 22.4. The molecular formula is C40H44O3S12. The molecule has 0 aliphatic carbocycles. The molecule has 9 rings (SSSR count). The van der Waals surface area contributed by atoms with Crippen LogP contribution in [0.1, 0.15) is 117 Å². The second-order valence-corrected chi connectivity index (χ2v) is 38.2. The first-order chi connectivity index (χ1) is 25.3. The molecule has 0 atom stereocenters. The molecule has 0 bridgehead atoms. The van der Waals surface area contributed by atoms with Gasteiger partial charge in [-0.2, -0.15) is 0 Å². The normalized spacial score (nSPS) is 23.6. The molecule has 6 aliphatic rings. The minimum atomic E-state index is -1.56. The first kappa shape index (κ1) is 41.6. The third-order valence-corrected chi connectivity index (χ3v) is 26.2. The fourth-order valence-corrected chi connectivity index (χ4v) is 25.5. The van der Waals surface area contributed by atoms with Crippen LogP contribution >= 0.6 is 141 Å². The molecule has 0 amide bonds.